The van der Waals surface area contributed by atoms with Crippen LogP contribution in [0.15, 0.2) is 0 Å². The Morgan fingerprint density at radius 2 is 2.67 bits per heavy atom. The summed E-state index contributed by atoms with van der Waals surface area (Å²) < 4.78 is 7.33. The van der Waals surface area contributed by atoms with Crippen molar-refractivity contribution in [3.05, 3.63) is 0 Å². The van der Waals surface area contributed by atoms with E-state index in [2.05, 4.69) is 0 Å². The predicted octanol–water partition coefficient (Wildman–Crippen LogP) is -0.549. The molecule has 52 valence electrons. The minimum absolute atomic E-state index is 0.294. The van der Waals surface area contributed by atoms with Gasteiger partial charge in [-0.2, -0.15) is 5.06 Å². The van der Waals surface area contributed by atoms with Gasteiger partial charge >= 0.3 is 0 Å². The van der Waals surface area contributed by atoms with Crippen LogP contribution in [-0.2, 0) is 4.84 Å². The third-order valence-corrected chi connectivity index (χ3v) is 2.01. The lowest BCUT2D eigenvalue weighted by atomic mass is 10.1. The zero-order valence-electron chi connectivity index (χ0n) is 6.58. The molecule has 0 saturated carbocycles. The van der Waals surface area contributed by atoms with Gasteiger partial charge in [0, 0.05) is 32.6 Å². The molecule has 2 aliphatic heterocycles. The maximum atomic E-state index is 7.33. The molecule has 3 heteroatoms. The molecule has 1 N–H and O–H groups in total. The van der Waals surface area contributed by atoms with Crippen LogP contribution in [0.25, 0.3) is 0 Å². The van der Waals surface area contributed by atoms with Crippen LogP contribution in [0.5, 0.6) is 0 Å². The Hall–Kier alpha value is -0.120. The number of fused-ring (bicyclic) bond motifs is 1. The summed E-state index contributed by atoms with van der Waals surface area (Å²) in [6, 6.07) is 0. The fourth-order valence-corrected chi connectivity index (χ4v) is 1.53. The largest absolute Gasteiger partial charge is 0.314 e. The van der Waals surface area contributed by atoms with E-state index in [4.69, 9.17) is 6.25 Å². The summed E-state index contributed by atoms with van der Waals surface area (Å²) in [4.78, 5) is 5.43. The first-order valence-corrected chi connectivity index (χ1v) is 3.37. The van der Waals surface area contributed by atoms with Gasteiger partial charge in [0.15, 0.2) is 0 Å². The van der Waals surface area contributed by atoms with E-state index in [9.17, 15) is 0 Å². The van der Waals surface area contributed by atoms with Gasteiger partial charge in [-0.1, -0.05) is 0 Å². The number of hydrogen-bond acceptors (Lipinski definition) is 3. The van der Waals surface area contributed by atoms with Crippen LogP contribution < -0.4 is 5.31 Å². The molecule has 2 rings (SSSR count). The van der Waals surface area contributed by atoms with E-state index in [0.717, 1.165) is 19.6 Å². The monoisotopic (exact) mass is 130 g/mol. The summed E-state index contributed by atoms with van der Waals surface area (Å²) in [5.74, 6) is 0.572. The van der Waals surface area contributed by atoms with Gasteiger partial charge in [-0.3, -0.25) is 4.84 Å². The minimum atomic E-state index is 0.294. The van der Waals surface area contributed by atoms with Gasteiger partial charge in [-0.25, -0.2) is 0 Å². The molecule has 0 amide bonds. The highest BCUT2D eigenvalue weighted by Gasteiger charge is 2.35. The van der Waals surface area contributed by atoms with Gasteiger partial charge in [-0.05, 0) is 0 Å². The van der Waals surface area contributed by atoms with E-state index in [1.54, 1.807) is 5.31 Å². The zero-order valence-corrected chi connectivity index (χ0v) is 5.58. The Bertz CT molecular complexity index is 116. The van der Waals surface area contributed by atoms with Crippen LogP contribution in [0, 0.1) is 5.92 Å². The van der Waals surface area contributed by atoms with Crippen molar-refractivity contribution < 1.29 is 6.25 Å². The standard InChI is InChI=1S/C6H12N2O/c1-8-4-5-2-7-3-6(5)9-8/h5-7H,2-4H2,1H3/i/hT. The second-order valence-electron chi connectivity index (χ2n) is 2.80. The summed E-state index contributed by atoms with van der Waals surface area (Å²) in [7, 11) is 1.95. The van der Waals surface area contributed by atoms with Crippen molar-refractivity contribution in [3.8, 4) is 0 Å². The number of hydrogen-bond donors (Lipinski definition) is 1. The van der Waals surface area contributed by atoms with Crippen molar-refractivity contribution in [1.82, 2.24) is 10.4 Å². The minimum Gasteiger partial charge on any atom is -0.314 e. The second-order valence-corrected chi connectivity index (χ2v) is 2.80. The first kappa shape index (κ1) is 4.66. The Balaban J connectivity index is 2.00. The molecule has 0 aliphatic carbocycles. The van der Waals surface area contributed by atoms with E-state index < -0.39 is 0 Å². The Kier molecular flexibility index (Phi) is 1.00. The average Bonchev–Trinajstić information content (AvgIpc) is 2.21. The smallest absolute Gasteiger partial charge is 0.122 e. The summed E-state index contributed by atoms with van der Waals surface area (Å²) in [5.41, 5.74) is 0. The molecule has 2 atom stereocenters. The first-order chi connectivity index (χ1) is 4.75. The SMILES string of the molecule is [3H]N1CC2CN(C)OC2C1. The quantitative estimate of drug-likeness (QED) is 0.476. The van der Waals surface area contributed by atoms with Gasteiger partial charge in [-0.15, -0.1) is 0 Å². The van der Waals surface area contributed by atoms with Crippen molar-refractivity contribution in [1.29, 1.82) is 0 Å². The molecule has 2 saturated heterocycles. The van der Waals surface area contributed by atoms with Crippen LogP contribution in [0.1, 0.15) is 0 Å². The van der Waals surface area contributed by atoms with Gasteiger partial charge in [0.1, 0.15) is 1.41 Å². The molecular weight excluding hydrogens is 116 g/mol. The van der Waals surface area contributed by atoms with E-state index in [1.807, 2.05) is 12.1 Å². The molecule has 3 nitrogen and oxygen atoms in total. The van der Waals surface area contributed by atoms with Gasteiger partial charge in [0.2, 0.25) is 0 Å². The fourth-order valence-electron chi connectivity index (χ4n) is 1.53. The van der Waals surface area contributed by atoms with Crippen molar-refractivity contribution in [2.45, 2.75) is 6.10 Å². The molecule has 0 aromatic rings. The molecule has 9 heavy (non-hydrogen) atoms. The topological polar surface area (TPSA) is 24.5 Å². The Labute approximate surface area is 56.4 Å². The summed E-state index contributed by atoms with van der Waals surface area (Å²) in [6.45, 7) is 2.63. The van der Waals surface area contributed by atoms with Crippen LogP contribution in [-0.4, -0.2) is 37.8 Å². The fraction of sp³-hybridized carbons (Fsp3) is 1.00. The predicted molar refractivity (Wildman–Crippen MR) is 33.9 cm³/mol. The number of nitrogens with zero attached hydrogens (tertiary/aromatic N) is 1. The van der Waals surface area contributed by atoms with Crippen LogP contribution >= 0.6 is 0 Å². The number of nitrogens with one attached hydrogen (secondary N) is 1. The lowest BCUT2D eigenvalue weighted by Gasteiger charge is -2.07. The molecule has 2 heterocycles. The molecule has 2 aliphatic rings. The molecule has 0 aromatic heterocycles. The van der Waals surface area contributed by atoms with Crippen LogP contribution in [0.3, 0.4) is 0 Å². The van der Waals surface area contributed by atoms with E-state index in [-0.39, 0.29) is 0 Å². The normalized spacial score (nSPS) is 47.4. The van der Waals surface area contributed by atoms with Crippen LogP contribution in [0.4, 0.5) is 0 Å². The van der Waals surface area contributed by atoms with Crippen molar-refractivity contribution >= 4 is 0 Å². The highest BCUT2D eigenvalue weighted by Crippen LogP contribution is 2.21. The lowest BCUT2D eigenvalue weighted by molar-refractivity contribution is -0.123. The molecule has 2 unspecified atom stereocenters. The van der Waals surface area contributed by atoms with Gasteiger partial charge < -0.3 is 5.31 Å². The molecule has 0 spiro atoms. The Morgan fingerprint density at radius 1 is 1.78 bits per heavy atom. The van der Waals surface area contributed by atoms with E-state index >= 15 is 0 Å². The highest BCUT2D eigenvalue weighted by atomic mass is 16.7. The highest BCUT2D eigenvalue weighted by molar-refractivity contribution is 4.85. The first-order valence-electron chi connectivity index (χ1n) is 3.82. The lowest BCUT2D eigenvalue weighted by Crippen LogP contribution is -2.21. The maximum Gasteiger partial charge on any atom is 0.122 e. The molecule has 2 fully saturated rings. The van der Waals surface area contributed by atoms with E-state index in [0.29, 0.717) is 12.0 Å². The van der Waals surface area contributed by atoms with Gasteiger partial charge in [0.25, 0.3) is 0 Å². The van der Waals surface area contributed by atoms with Crippen LogP contribution in [0.2, 0.25) is 1.41 Å². The molecule has 0 radical (unpaired) electrons. The third kappa shape index (κ3) is 0.852. The van der Waals surface area contributed by atoms with Gasteiger partial charge in [0.05, 0.1) is 6.10 Å². The van der Waals surface area contributed by atoms with E-state index in [1.165, 1.54) is 0 Å². The Morgan fingerprint density at radius 3 is 3.44 bits per heavy atom. The van der Waals surface area contributed by atoms with Crippen molar-refractivity contribution in [3.63, 3.8) is 0 Å². The average molecular weight is 130 g/mol. The zero-order chi connectivity index (χ0) is 7.14. The summed E-state index contributed by atoms with van der Waals surface area (Å²) >= 11 is 0. The third-order valence-electron chi connectivity index (χ3n) is 2.01. The van der Waals surface area contributed by atoms with Crippen molar-refractivity contribution in [2.24, 2.45) is 5.92 Å². The molecule has 0 aromatic carbocycles. The second kappa shape index (κ2) is 1.94. The molecular formula is C6H12N2O. The van der Waals surface area contributed by atoms with Crippen molar-refractivity contribution in [2.75, 3.05) is 26.7 Å². The summed E-state index contributed by atoms with van der Waals surface area (Å²) in [5, 5.41) is 3.46. The number of hydroxylamine groups is 2. The number of rotatable bonds is 0. The maximum absolute atomic E-state index is 7.33. The summed E-state index contributed by atoms with van der Waals surface area (Å²) in [6.07, 6.45) is 0.294. The molecule has 0 bridgehead atoms.